The van der Waals surface area contributed by atoms with Gasteiger partial charge in [0, 0.05) is 6.54 Å². The maximum absolute atomic E-state index is 11.8. The molecule has 0 bridgehead atoms. The summed E-state index contributed by atoms with van der Waals surface area (Å²) in [5.41, 5.74) is 0.488. The number of imidazole rings is 1. The van der Waals surface area contributed by atoms with Crippen LogP contribution in [0.3, 0.4) is 0 Å². The summed E-state index contributed by atoms with van der Waals surface area (Å²) in [6, 6.07) is 1.60. The largest absolute Gasteiger partial charge is 0.351 e. The Balaban J connectivity index is 2.29. The Morgan fingerprint density at radius 1 is 1.59 bits per heavy atom. The third kappa shape index (κ3) is 2.35. The summed E-state index contributed by atoms with van der Waals surface area (Å²) in [6.07, 6.45) is 2.94. The van der Waals surface area contributed by atoms with Gasteiger partial charge in [0.05, 0.1) is 11.7 Å². The van der Waals surface area contributed by atoms with E-state index in [-0.39, 0.29) is 17.3 Å². The van der Waals surface area contributed by atoms with Crippen molar-refractivity contribution in [2.24, 2.45) is 5.92 Å². The highest BCUT2D eigenvalue weighted by Gasteiger charge is 2.09. The predicted octanol–water partition coefficient (Wildman–Crippen LogP) is 0.408. The van der Waals surface area contributed by atoms with Crippen molar-refractivity contribution in [1.29, 1.82) is 0 Å². The van der Waals surface area contributed by atoms with E-state index in [1.165, 1.54) is 16.9 Å². The maximum Gasteiger partial charge on any atom is 0.331 e. The second-order valence-electron chi connectivity index (χ2n) is 4.28. The molecular weight excluding hydrogens is 220 g/mol. The minimum absolute atomic E-state index is 0.253. The van der Waals surface area contributed by atoms with Crippen LogP contribution in [0.15, 0.2) is 23.4 Å². The molecule has 0 unspecified atom stereocenters. The van der Waals surface area contributed by atoms with Gasteiger partial charge in [-0.25, -0.2) is 9.78 Å². The molecule has 0 radical (unpaired) electrons. The molecule has 2 N–H and O–H groups in total. The summed E-state index contributed by atoms with van der Waals surface area (Å²) in [5, 5.41) is 2.74. The van der Waals surface area contributed by atoms with Crippen LogP contribution in [0.1, 0.15) is 24.3 Å². The van der Waals surface area contributed by atoms with E-state index in [1.807, 2.05) is 13.8 Å². The van der Waals surface area contributed by atoms with Gasteiger partial charge in [-0.1, -0.05) is 13.8 Å². The van der Waals surface area contributed by atoms with Crippen molar-refractivity contribution in [3.8, 4) is 0 Å². The normalized spacial score (nSPS) is 11.0. The molecule has 0 saturated heterocycles. The topological polar surface area (TPSA) is 79.3 Å². The minimum atomic E-state index is -0.366. The highest BCUT2D eigenvalue weighted by molar-refractivity contribution is 5.93. The summed E-state index contributed by atoms with van der Waals surface area (Å²) in [6.45, 7) is 4.58. The Bertz CT molecular complexity index is 597. The van der Waals surface area contributed by atoms with Gasteiger partial charge >= 0.3 is 5.69 Å². The molecule has 90 valence electrons. The zero-order valence-electron chi connectivity index (χ0n) is 9.73. The zero-order valence-corrected chi connectivity index (χ0v) is 9.73. The number of carbonyl (C=O) groups is 1. The molecule has 0 saturated carbocycles. The standard InChI is InChI=1S/C11H14N4O2/c1-7(2)4-13-10(16)9-3-8-5-12-6-15(8)11(17)14-9/h3,5-7H,4H2,1-2H3,(H,13,16)(H,14,17). The van der Waals surface area contributed by atoms with E-state index in [9.17, 15) is 9.59 Å². The lowest BCUT2D eigenvalue weighted by molar-refractivity contribution is 0.0943. The average Bonchev–Trinajstić information content (AvgIpc) is 2.74. The quantitative estimate of drug-likeness (QED) is 0.807. The van der Waals surface area contributed by atoms with Gasteiger partial charge in [-0.3, -0.25) is 9.20 Å². The van der Waals surface area contributed by atoms with E-state index in [1.54, 1.807) is 6.07 Å². The number of nitrogens with one attached hydrogen (secondary N) is 2. The van der Waals surface area contributed by atoms with Crippen LogP contribution < -0.4 is 11.0 Å². The highest BCUT2D eigenvalue weighted by Crippen LogP contribution is 2.00. The molecule has 6 nitrogen and oxygen atoms in total. The first-order valence-electron chi connectivity index (χ1n) is 5.41. The highest BCUT2D eigenvalue weighted by atomic mass is 16.2. The minimum Gasteiger partial charge on any atom is -0.351 e. The summed E-state index contributed by atoms with van der Waals surface area (Å²) >= 11 is 0. The fourth-order valence-electron chi connectivity index (χ4n) is 1.46. The van der Waals surface area contributed by atoms with Crippen LogP contribution in [0.5, 0.6) is 0 Å². The van der Waals surface area contributed by atoms with E-state index in [0.717, 1.165) is 0 Å². The Morgan fingerprint density at radius 3 is 3.06 bits per heavy atom. The molecule has 0 aliphatic carbocycles. The van der Waals surface area contributed by atoms with Crippen molar-refractivity contribution in [3.63, 3.8) is 0 Å². The lowest BCUT2D eigenvalue weighted by Crippen LogP contribution is -2.30. The Labute approximate surface area is 97.7 Å². The van der Waals surface area contributed by atoms with Gasteiger partial charge in [-0.15, -0.1) is 0 Å². The van der Waals surface area contributed by atoms with Crippen LogP contribution in [-0.2, 0) is 0 Å². The van der Waals surface area contributed by atoms with Crippen LogP contribution in [0.4, 0.5) is 0 Å². The number of rotatable bonds is 3. The third-order valence-electron chi connectivity index (χ3n) is 2.34. The zero-order chi connectivity index (χ0) is 12.4. The number of hydrogen-bond acceptors (Lipinski definition) is 3. The van der Waals surface area contributed by atoms with Gasteiger partial charge in [0.1, 0.15) is 12.0 Å². The molecule has 2 heterocycles. The molecular formula is C11H14N4O2. The predicted molar refractivity (Wildman–Crippen MR) is 63.0 cm³/mol. The summed E-state index contributed by atoms with van der Waals surface area (Å²) in [7, 11) is 0. The molecule has 17 heavy (non-hydrogen) atoms. The van der Waals surface area contributed by atoms with E-state index < -0.39 is 0 Å². The van der Waals surface area contributed by atoms with Crippen LogP contribution in [-0.4, -0.2) is 26.8 Å². The fraction of sp³-hybridized carbons (Fsp3) is 0.364. The maximum atomic E-state index is 11.8. The number of aromatic amines is 1. The number of fused-ring (bicyclic) bond motifs is 1. The molecule has 2 rings (SSSR count). The van der Waals surface area contributed by atoms with Gasteiger partial charge in [0.25, 0.3) is 5.91 Å². The molecule has 0 aromatic carbocycles. The second-order valence-corrected chi connectivity index (χ2v) is 4.28. The molecule has 0 fully saturated rings. The van der Waals surface area contributed by atoms with Gasteiger partial charge in [0.2, 0.25) is 0 Å². The number of amides is 1. The van der Waals surface area contributed by atoms with Crippen LogP contribution in [0.2, 0.25) is 0 Å². The number of nitrogens with zero attached hydrogens (tertiary/aromatic N) is 2. The number of H-pyrrole nitrogens is 1. The first-order valence-corrected chi connectivity index (χ1v) is 5.41. The first-order chi connectivity index (χ1) is 8.08. The van der Waals surface area contributed by atoms with Gasteiger partial charge in [-0.05, 0) is 12.0 Å². The van der Waals surface area contributed by atoms with E-state index in [0.29, 0.717) is 18.0 Å². The van der Waals surface area contributed by atoms with Crippen molar-refractivity contribution in [2.45, 2.75) is 13.8 Å². The van der Waals surface area contributed by atoms with Gasteiger partial charge < -0.3 is 10.3 Å². The van der Waals surface area contributed by atoms with Crippen LogP contribution in [0, 0.1) is 5.92 Å². The van der Waals surface area contributed by atoms with Crippen molar-refractivity contribution < 1.29 is 4.79 Å². The lowest BCUT2D eigenvalue weighted by atomic mass is 10.2. The fourth-order valence-corrected chi connectivity index (χ4v) is 1.46. The van der Waals surface area contributed by atoms with Gasteiger partial charge in [-0.2, -0.15) is 0 Å². The third-order valence-corrected chi connectivity index (χ3v) is 2.34. The molecule has 1 amide bonds. The molecule has 2 aromatic rings. The van der Waals surface area contributed by atoms with E-state index >= 15 is 0 Å². The lowest BCUT2D eigenvalue weighted by Gasteiger charge is -2.07. The monoisotopic (exact) mass is 234 g/mol. The van der Waals surface area contributed by atoms with Crippen molar-refractivity contribution >= 4 is 11.4 Å². The van der Waals surface area contributed by atoms with Crippen LogP contribution >= 0.6 is 0 Å². The number of aromatic nitrogens is 3. The average molecular weight is 234 g/mol. The smallest absolute Gasteiger partial charge is 0.331 e. The van der Waals surface area contributed by atoms with Crippen molar-refractivity contribution in [1.82, 2.24) is 19.7 Å². The molecule has 2 aromatic heterocycles. The van der Waals surface area contributed by atoms with Crippen molar-refractivity contribution in [3.05, 3.63) is 34.8 Å². The molecule has 0 spiro atoms. The Morgan fingerprint density at radius 2 is 2.35 bits per heavy atom. The summed E-state index contributed by atoms with van der Waals surface area (Å²) < 4.78 is 1.35. The van der Waals surface area contributed by atoms with E-state index in [4.69, 9.17) is 0 Å². The summed E-state index contributed by atoms with van der Waals surface area (Å²) in [5.74, 6) is 0.0869. The Kier molecular flexibility index (Phi) is 2.95. The van der Waals surface area contributed by atoms with E-state index in [2.05, 4.69) is 15.3 Å². The van der Waals surface area contributed by atoms with Crippen LogP contribution in [0.25, 0.3) is 5.52 Å². The second kappa shape index (κ2) is 4.40. The van der Waals surface area contributed by atoms with Gasteiger partial charge in [0.15, 0.2) is 0 Å². The molecule has 0 aliphatic heterocycles. The first kappa shape index (κ1) is 11.4. The summed E-state index contributed by atoms with van der Waals surface area (Å²) in [4.78, 5) is 29.7. The molecule has 0 aliphatic rings. The SMILES string of the molecule is CC(C)CNC(=O)c1cc2cncn2c(=O)[nH]1. The molecule has 6 heteroatoms. The number of carbonyl (C=O) groups excluding carboxylic acids is 1. The van der Waals surface area contributed by atoms with Crippen molar-refractivity contribution in [2.75, 3.05) is 6.54 Å². The number of hydrogen-bond donors (Lipinski definition) is 2. The Hall–Kier alpha value is -2.11. The molecule has 0 atom stereocenters.